The summed E-state index contributed by atoms with van der Waals surface area (Å²) in [6, 6.07) is 7.73. The highest BCUT2D eigenvalue weighted by atomic mass is 35.5. The molecule has 3 nitrogen and oxygen atoms in total. The molecule has 0 heterocycles. The summed E-state index contributed by atoms with van der Waals surface area (Å²) in [4.78, 5) is 11.7. The maximum atomic E-state index is 11.7. The molecule has 1 unspecified atom stereocenters. The first kappa shape index (κ1) is 15.0. The summed E-state index contributed by atoms with van der Waals surface area (Å²) in [5.74, 6) is -0.275. The predicted molar refractivity (Wildman–Crippen MR) is 73.7 cm³/mol. The van der Waals surface area contributed by atoms with Crippen LogP contribution in [0.5, 0.6) is 0 Å². The highest BCUT2D eigenvalue weighted by Gasteiger charge is 2.31. The quantitative estimate of drug-likeness (QED) is 0.834. The van der Waals surface area contributed by atoms with E-state index in [2.05, 4.69) is 12.2 Å². The monoisotopic (exact) mass is 269 g/mol. The zero-order valence-electron chi connectivity index (χ0n) is 11.3. The number of hydrogen-bond donors (Lipinski definition) is 1. The summed E-state index contributed by atoms with van der Waals surface area (Å²) in [5.41, 5.74) is 0.347. The first-order valence-corrected chi connectivity index (χ1v) is 6.40. The Hall–Kier alpha value is -1.06. The van der Waals surface area contributed by atoms with Gasteiger partial charge < -0.3 is 4.74 Å². The van der Waals surface area contributed by atoms with E-state index < -0.39 is 5.54 Å². The lowest BCUT2D eigenvalue weighted by Gasteiger charge is -2.29. The maximum absolute atomic E-state index is 11.7. The maximum Gasteiger partial charge on any atom is 0.325 e. The molecule has 0 amide bonds. The molecule has 18 heavy (non-hydrogen) atoms. The summed E-state index contributed by atoms with van der Waals surface area (Å²) >= 11 is 5.99. The van der Waals surface area contributed by atoms with Crippen molar-refractivity contribution in [1.82, 2.24) is 5.32 Å². The lowest BCUT2D eigenvalue weighted by Crippen LogP contribution is -2.48. The second-order valence-electron chi connectivity index (χ2n) is 4.78. The van der Waals surface area contributed by atoms with Crippen molar-refractivity contribution >= 4 is 17.6 Å². The van der Waals surface area contributed by atoms with Gasteiger partial charge >= 0.3 is 5.97 Å². The van der Waals surface area contributed by atoms with Gasteiger partial charge in [-0.15, -0.1) is 0 Å². The lowest BCUT2D eigenvalue weighted by molar-refractivity contribution is -0.147. The zero-order chi connectivity index (χ0) is 13.8. The third-order valence-corrected chi connectivity index (χ3v) is 3.13. The summed E-state index contributed by atoms with van der Waals surface area (Å²) in [6.07, 6.45) is 0.862. The fraction of sp³-hybridized carbons (Fsp3) is 0.500. The van der Waals surface area contributed by atoms with Crippen LogP contribution in [0, 0.1) is 0 Å². The molecular formula is C14H20ClNO2. The number of benzene rings is 1. The van der Waals surface area contributed by atoms with Crippen LogP contribution in [0.1, 0.15) is 38.8 Å². The Labute approximate surface area is 113 Å². The molecule has 100 valence electrons. The van der Waals surface area contributed by atoms with E-state index in [1.54, 1.807) is 0 Å². The number of rotatable bonds is 5. The van der Waals surface area contributed by atoms with Crippen molar-refractivity contribution in [1.29, 1.82) is 0 Å². The average molecular weight is 270 g/mol. The van der Waals surface area contributed by atoms with E-state index in [1.165, 1.54) is 7.11 Å². The number of methoxy groups -OCH3 is 1. The van der Waals surface area contributed by atoms with Gasteiger partial charge in [-0.25, -0.2) is 0 Å². The standard InChI is InChI=1S/C14H20ClNO2/c1-5-12(10-7-6-8-11(15)9-10)16-14(2,3)13(17)18-4/h6-9,12,16H,5H2,1-4H3. The number of carbonyl (C=O) groups is 1. The fourth-order valence-corrected chi connectivity index (χ4v) is 2.09. The van der Waals surface area contributed by atoms with Crippen molar-refractivity contribution < 1.29 is 9.53 Å². The molecule has 0 aliphatic rings. The van der Waals surface area contributed by atoms with Crippen molar-refractivity contribution in [3.05, 3.63) is 34.9 Å². The van der Waals surface area contributed by atoms with Crippen LogP contribution in [0.3, 0.4) is 0 Å². The van der Waals surface area contributed by atoms with Gasteiger partial charge in [0.25, 0.3) is 0 Å². The van der Waals surface area contributed by atoms with Gasteiger partial charge in [0.2, 0.25) is 0 Å². The topological polar surface area (TPSA) is 38.3 Å². The molecule has 0 aliphatic carbocycles. The molecule has 1 aromatic carbocycles. The lowest BCUT2D eigenvalue weighted by atomic mass is 9.98. The highest BCUT2D eigenvalue weighted by Crippen LogP contribution is 2.23. The molecule has 0 spiro atoms. The number of nitrogens with one attached hydrogen (secondary N) is 1. The summed E-state index contributed by atoms with van der Waals surface area (Å²) in [6.45, 7) is 5.68. The molecule has 0 saturated heterocycles. The number of hydrogen-bond acceptors (Lipinski definition) is 3. The van der Waals surface area contributed by atoms with E-state index in [4.69, 9.17) is 16.3 Å². The Balaban J connectivity index is 2.89. The molecule has 0 bridgehead atoms. The first-order chi connectivity index (χ1) is 8.40. The predicted octanol–water partition coefficient (Wildman–Crippen LogP) is 3.33. The van der Waals surface area contributed by atoms with Gasteiger partial charge in [-0.1, -0.05) is 30.7 Å². The van der Waals surface area contributed by atoms with E-state index in [0.717, 1.165) is 12.0 Å². The molecule has 1 rings (SSSR count). The van der Waals surface area contributed by atoms with Gasteiger partial charge in [0.15, 0.2) is 0 Å². The third kappa shape index (κ3) is 3.72. The van der Waals surface area contributed by atoms with Gasteiger partial charge in [0, 0.05) is 11.1 Å². The van der Waals surface area contributed by atoms with E-state index >= 15 is 0 Å². The Morgan fingerprint density at radius 2 is 2.17 bits per heavy atom. The Morgan fingerprint density at radius 1 is 1.50 bits per heavy atom. The van der Waals surface area contributed by atoms with Gasteiger partial charge in [-0.2, -0.15) is 0 Å². The molecule has 1 N–H and O–H groups in total. The molecular weight excluding hydrogens is 250 g/mol. The van der Waals surface area contributed by atoms with E-state index in [9.17, 15) is 4.79 Å². The Kier molecular flexibility index (Phi) is 5.17. The third-order valence-electron chi connectivity index (χ3n) is 2.89. The van der Waals surface area contributed by atoms with Crippen molar-refractivity contribution in [3.63, 3.8) is 0 Å². The fourth-order valence-electron chi connectivity index (χ4n) is 1.89. The highest BCUT2D eigenvalue weighted by molar-refractivity contribution is 6.30. The Morgan fingerprint density at radius 3 is 2.67 bits per heavy atom. The minimum absolute atomic E-state index is 0.0674. The van der Waals surface area contributed by atoms with Crippen LogP contribution in [0.2, 0.25) is 5.02 Å². The van der Waals surface area contributed by atoms with Crippen LogP contribution in [-0.4, -0.2) is 18.6 Å². The van der Waals surface area contributed by atoms with Gasteiger partial charge in [0.1, 0.15) is 5.54 Å². The summed E-state index contributed by atoms with van der Waals surface area (Å²) in [7, 11) is 1.39. The molecule has 0 aliphatic heterocycles. The van der Waals surface area contributed by atoms with Crippen LogP contribution >= 0.6 is 11.6 Å². The number of esters is 1. The van der Waals surface area contributed by atoms with Crippen LogP contribution in [0.25, 0.3) is 0 Å². The molecule has 0 aromatic heterocycles. The number of halogens is 1. The summed E-state index contributed by atoms with van der Waals surface area (Å²) < 4.78 is 4.79. The molecule has 0 fully saturated rings. The molecule has 0 saturated carbocycles. The minimum Gasteiger partial charge on any atom is -0.468 e. The van der Waals surface area contributed by atoms with Crippen molar-refractivity contribution in [2.75, 3.05) is 7.11 Å². The Bertz CT molecular complexity index is 418. The van der Waals surface area contributed by atoms with E-state index in [1.807, 2.05) is 38.1 Å². The normalized spacial score (nSPS) is 13.2. The van der Waals surface area contributed by atoms with Crippen LogP contribution < -0.4 is 5.32 Å². The SMILES string of the molecule is CCC(NC(C)(C)C(=O)OC)c1cccc(Cl)c1. The number of ether oxygens (including phenoxy) is 1. The largest absolute Gasteiger partial charge is 0.468 e. The molecule has 0 radical (unpaired) electrons. The molecule has 1 aromatic rings. The van der Waals surface area contributed by atoms with Crippen molar-refractivity contribution in [2.45, 2.75) is 38.8 Å². The second-order valence-corrected chi connectivity index (χ2v) is 5.21. The van der Waals surface area contributed by atoms with Gasteiger partial charge in [-0.3, -0.25) is 10.1 Å². The first-order valence-electron chi connectivity index (χ1n) is 6.02. The van der Waals surface area contributed by atoms with Crippen LogP contribution in [0.15, 0.2) is 24.3 Å². The van der Waals surface area contributed by atoms with Crippen molar-refractivity contribution in [2.24, 2.45) is 0 Å². The van der Waals surface area contributed by atoms with E-state index in [0.29, 0.717) is 5.02 Å². The van der Waals surface area contributed by atoms with Crippen LogP contribution in [-0.2, 0) is 9.53 Å². The molecule has 1 atom stereocenters. The molecule has 4 heteroatoms. The van der Waals surface area contributed by atoms with Gasteiger partial charge in [-0.05, 0) is 38.0 Å². The van der Waals surface area contributed by atoms with Gasteiger partial charge in [0.05, 0.1) is 7.11 Å². The summed E-state index contributed by atoms with van der Waals surface area (Å²) in [5, 5.41) is 4.00. The van der Waals surface area contributed by atoms with Crippen LogP contribution in [0.4, 0.5) is 0 Å². The van der Waals surface area contributed by atoms with E-state index in [-0.39, 0.29) is 12.0 Å². The minimum atomic E-state index is -0.724. The number of carbonyl (C=O) groups excluding carboxylic acids is 1. The zero-order valence-corrected chi connectivity index (χ0v) is 12.0. The van der Waals surface area contributed by atoms with Crippen molar-refractivity contribution in [3.8, 4) is 0 Å². The second kappa shape index (κ2) is 6.21. The smallest absolute Gasteiger partial charge is 0.325 e. The average Bonchev–Trinajstić information content (AvgIpc) is 2.34.